The number of morpholine rings is 1. The van der Waals surface area contributed by atoms with Crippen LogP contribution in [0.5, 0.6) is 5.75 Å². The molecule has 0 bridgehead atoms. The maximum Gasteiger partial charge on any atom is 0.119 e. The molecule has 1 aliphatic heterocycles. The van der Waals surface area contributed by atoms with Crippen LogP contribution in [0.3, 0.4) is 0 Å². The molecule has 1 aromatic rings. The second-order valence-electron chi connectivity index (χ2n) is 6.66. The van der Waals surface area contributed by atoms with Gasteiger partial charge in [0.15, 0.2) is 0 Å². The van der Waals surface area contributed by atoms with Gasteiger partial charge < -0.3 is 14.8 Å². The number of methoxy groups -OCH3 is 1. The number of nitrogens with zero attached hydrogens (tertiary/aromatic N) is 1. The fourth-order valence-electron chi connectivity index (χ4n) is 3.85. The number of likely N-dealkylation sites (N-methyl/N-ethyl adjacent to an activating group) is 1. The molecular formula is C17H26N2O2. The van der Waals surface area contributed by atoms with Gasteiger partial charge in [-0.3, -0.25) is 4.90 Å². The molecule has 0 aromatic heterocycles. The molecule has 2 unspecified atom stereocenters. The second-order valence-corrected chi connectivity index (χ2v) is 6.66. The van der Waals surface area contributed by atoms with Crippen LogP contribution in [-0.2, 0) is 11.2 Å². The molecule has 116 valence electrons. The molecule has 3 rings (SSSR count). The number of benzene rings is 1. The lowest BCUT2D eigenvalue weighted by atomic mass is 9.96. The molecule has 2 atom stereocenters. The van der Waals surface area contributed by atoms with E-state index < -0.39 is 0 Å². The van der Waals surface area contributed by atoms with Crippen molar-refractivity contribution in [1.82, 2.24) is 10.2 Å². The Morgan fingerprint density at radius 2 is 2.19 bits per heavy atom. The molecule has 0 radical (unpaired) electrons. The summed E-state index contributed by atoms with van der Waals surface area (Å²) >= 11 is 0. The minimum atomic E-state index is 0.0874. The minimum absolute atomic E-state index is 0.0874. The Kier molecular flexibility index (Phi) is 3.95. The molecule has 1 saturated heterocycles. The van der Waals surface area contributed by atoms with Crippen molar-refractivity contribution in [2.24, 2.45) is 0 Å². The molecule has 21 heavy (non-hydrogen) atoms. The molecule has 1 fully saturated rings. The maximum atomic E-state index is 5.67. The van der Waals surface area contributed by atoms with E-state index >= 15 is 0 Å². The quantitative estimate of drug-likeness (QED) is 0.923. The van der Waals surface area contributed by atoms with Gasteiger partial charge in [0.2, 0.25) is 0 Å². The lowest BCUT2D eigenvalue weighted by Crippen LogP contribution is -2.59. The van der Waals surface area contributed by atoms with E-state index in [0.29, 0.717) is 12.1 Å². The Labute approximate surface area is 127 Å². The highest BCUT2D eigenvalue weighted by Gasteiger charge is 2.42. The standard InChI is InChI=1S/C17H26N2O2/c1-17(2)11-21-8-7-19(17)15-9-12-5-6-13(20-4)10-14(12)16(15)18-3/h5-6,10,15-16,18H,7-9,11H2,1-4H3. The van der Waals surface area contributed by atoms with Crippen molar-refractivity contribution in [3.05, 3.63) is 29.3 Å². The van der Waals surface area contributed by atoms with Crippen molar-refractivity contribution in [2.45, 2.75) is 37.9 Å². The summed E-state index contributed by atoms with van der Waals surface area (Å²) in [6, 6.07) is 7.30. The summed E-state index contributed by atoms with van der Waals surface area (Å²) in [4.78, 5) is 2.62. The fourth-order valence-corrected chi connectivity index (χ4v) is 3.85. The molecule has 0 amide bonds. The van der Waals surface area contributed by atoms with Crippen molar-refractivity contribution >= 4 is 0 Å². The van der Waals surface area contributed by atoms with E-state index in [4.69, 9.17) is 9.47 Å². The molecule has 0 saturated carbocycles. The highest BCUT2D eigenvalue weighted by molar-refractivity contribution is 5.43. The van der Waals surface area contributed by atoms with Gasteiger partial charge in [0.1, 0.15) is 5.75 Å². The number of fused-ring (bicyclic) bond motifs is 1. The average Bonchev–Trinajstić information content (AvgIpc) is 2.83. The second kappa shape index (κ2) is 5.59. The zero-order valence-corrected chi connectivity index (χ0v) is 13.5. The number of rotatable bonds is 3. The minimum Gasteiger partial charge on any atom is -0.497 e. The predicted molar refractivity (Wildman–Crippen MR) is 83.9 cm³/mol. The van der Waals surface area contributed by atoms with Gasteiger partial charge in [0.05, 0.1) is 20.3 Å². The first-order valence-corrected chi connectivity index (χ1v) is 7.75. The maximum absolute atomic E-state index is 5.67. The van der Waals surface area contributed by atoms with E-state index in [0.717, 1.165) is 31.9 Å². The van der Waals surface area contributed by atoms with Gasteiger partial charge in [-0.25, -0.2) is 0 Å². The number of ether oxygens (including phenoxy) is 2. The molecule has 2 aliphatic rings. The average molecular weight is 290 g/mol. The van der Waals surface area contributed by atoms with Crippen molar-refractivity contribution < 1.29 is 9.47 Å². The fraction of sp³-hybridized carbons (Fsp3) is 0.647. The third-order valence-corrected chi connectivity index (χ3v) is 4.92. The van der Waals surface area contributed by atoms with Gasteiger partial charge in [-0.15, -0.1) is 0 Å². The van der Waals surface area contributed by atoms with E-state index in [1.807, 2.05) is 0 Å². The van der Waals surface area contributed by atoms with Crippen LogP contribution in [0.4, 0.5) is 0 Å². The van der Waals surface area contributed by atoms with Crippen molar-refractivity contribution in [3.63, 3.8) is 0 Å². The Hall–Kier alpha value is -1.10. The van der Waals surface area contributed by atoms with Gasteiger partial charge in [-0.1, -0.05) is 6.07 Å². The summed E-state index contributed by atoms with van der Waals surface area (Å²) in [5.41, 5.74) is 2.90. The zero-order chi connectivity index (χ0) is 15.0. The summed E-state index contributed by atoms with van der Waals surface area (Å²) < 4.78 is 11.1. The van der Waals surface area contributed by atoms with Gasteiger partial charge in [-0.2, -0.15) is 0 Å². The molecule has 1 N–H and O–H groups in total. The van der Waals surface area contributed by atoms with Crippen LogP contribution in [0, 0.1) is 0 Å². The van der Waals surface area contributed by atoms with Crippen LogP contribution in [-0.4, -0.2) is 50.4 Å². The lowest BCUT2D eigenvalue weighted by molar-refractivity contribution is -0.0760. The normalized spacial score (nSPS) is 28.4. The van der Waals surface area contributed by atoms with Crippen molar-refractivity contribution in [3.8, 4) is 5.75 Å². The first-order chi connectivity index (χ1) is 10.1. The summed E-state index contributed by atoms with van der Waals surface area (Å²) in [6.45, 7) is 7.20. The van der Waals surface area contributed by atoms with E-state index in [9.17, 15) is 0 Å². The molecule has 1 heterocycles. The molecule has 0 spiro atoms. The van der Waals surface area contributed by atoms with E-state index in [1.54, 1.807) is 7.11 Å². The Morgan fingerprint density at radius 3 is 2.86 bits per heavy atom. The zero-order valence-electron chi connectivity index (χ0n) is 13.5. The lowest BCUT2D eigenvalue weighted by Gasteiger charge is -2.47. The van der Waals surface area contributed by atoms with Crippen LogP contribution in [0.15, 0.2) is 18.2 Å². The molecule has 4 nitrogen and oxygen atoms in total. The Balaban J connectivity index is 1.91. The van der Waals surface area contributed by atoms with Crippen molar-refractivity contribution in [1.29, 1.82) is 0 Å². The van der Waals surface area contributed by atoms with Crippen LogP contribution in [0.25, 0.3) is 0 Å². The van der Waals surface area contributed by atoms with Crippen LogP contribution < -0.4 is 10.1 Å². The third-order valence-electron chi connectivity index (χ3n) is 4.92. The first kappa shape index (κ1) is 14.8. The first-order valence-electron chi connectivity index (χ1n) is 7.75. The molecule has 1 aromatic carbocycles. The van der Waals surface area contributed by atoms with Crippen molar-refractivity contribution in [2.75, 3.05) is 33.9 Å². The number of hydrogen-bond acceptors (Lipinski definition) is 4. The highest BCUT2D eigenvalue weighted by Crippen LogP contribution is 2.39. The van der Waals surface area contributed by atoms with E-state index in [-0.39, 0.29) is 5.54 Å². The Morgan fingerprint density at radius 1 is 1.38 bits per heavy atom. The summed E-state index contributed by atoms with van der Waals surface area (Å²) in [5.74, 6) is 0.941. The largest absolute Gasteiger partial charge is 0.497 e. The summed E-state index contributed by atoms with van der Waals surface area (Å²) in [5, 5.41) is 3.52. The summed E-state index contributed by atoms with van der Waals surface area (Å²) in [7, 11) is 3.79. The van der Waals surface area contributed by atoms with Gasteiger partial charge in [-0.05, 0) is 50.6 Å². The predicted octanol–water partition coefficient (Wildman–Crippen LogP) is 1.99. The summed E-state index contributed by atoms with van der Waals surface area (Å²) in [6.07, 6.45) is 1.09. The van der Waals surface area contributed by atoms with Gasteiger partial charge >= 0.3 is 0 Å². The smallest absolute Gasteiger partial charge is 0.119 e. The third kappa shape index (κ3) is 2.56. The van der Waals surface area contributed by atoms with E-state index in [1.165, 1.54) is 11.1 Å². The SMILES string of the molecule is CNC1c2cc(OC)ccc2CC1N1CCOCC1(C)C. The van der Waals surface area contributed by atoms with Gasteiger partial charge in [0, 0.05) is 24.2 Å². The van der Waals surface area contributed by atoms with E-state index in [2.05, 4.69) is 49.3 Å². The Bertz CT molecular complexity index is 516. The van der Waals surface area contributed by atoms with Crippen LogP contribution >= 0.6 is 0 Å². The molecule has 4 heteroatoms. The highest BCUT2D eigenvalue weighted by atomic mass is 16.5. The molecule has 1 aliphatic carbocycles. The number of hydrogen-bond donors (Lipinski definition) is 1. The van der Waals surface area contributed by atoms with Crippen LogP contribution in [0.2, 0.25) is 0 Å². The molecular weight excluding hydrogens is 264 g/mol. The monoisotopic (exact) mass is 290 g/mol. The van der Waals surface area contributed by atoms with Crippen LogP contribution in [0.1, 0.15) is 31.0 Å². The van der Waals surface area contributed by atoms with Gasteiger partial charge in [0.25, 0.3) is 0 Å². The number of nitrogens with one attached hydrogen (secondary N) is 1. The topological polar surface area (TPSA) is 33.7 Å².